The molecule has 23 heavy (non-hydrogen) atoms. The third-order valence-corrected chi connectivity index (χ3v) is 38.9. The molecule has 2 atom stereocenters. The Hall–Kier alpha value is 1.48. The monoisotopic (exact) mass is 546 g/mol. The van der Waals surface area contributed by atoms with E-state index < -0.39 is 38.4 Å². The van der Waals surface area contributed by atoms with E-state index in [0.717, 1.165) is 13.2 Å². The molecule has 0 bridgehead atoms. The molecule has 0 aromatic rings. The maximum absolute atomic E-state index is 7.17. The van der Waals surface area contributed by atoms with E-state index in [9.17, 15) is 0 Å². The molecule has 2 unspecified atom stereocenters. The molecule has 0 aliphatic rings. The molecule has 5 heteroatoms. The second kappa shape index (κ2) is 14.6. The molecule has 0 spiro atoms. The third kappa shape index (κ3) is 9.66. The van der Waals surface area contributed by atoms with E-state index >= 15 is 0 Å². The molecule has 0 N–H and O–H groups in total. The van der Waals surface area contributed by atoms with Crippen molar-refractivity contribution < 1.29 is 7.56 Å². The summed E-state index contributed by atoms with van der Waals surface area (Å²) in [5.74, 6) is 0. The standard InChI is InChI=1S/2C4H9.2C3H7.2C2H5O.O.2Sn/c2*1-3-4-2;2*1-3-2;2*1-2-3;;;/h2*1,3-4H2,2H3;2*1,3H2,2H3;2*2H2,1H3;;;/q;;;;2*-1;;2*+1. The third-order valence-electron chi connectivity index (χ3n) is 4.27. The number of unbranched alkanes of at least 4 members (excludes halogenated alkanes) is 2. The van der Waals surface area contributed by atoms with Gasteiger partial charge in [0.15, 0.2) is 0 Å². The van der Waals surface area contributed by atoms with Crippen molar-refractivity contribution in [2.24, 2.45) is 0 Å². The molecule has 0 aliphatic carbocycles. The van der Waals surface area contributed by atoms with E-state index in [4.69, 9.17) is 7.56 Å². The van der Waals surface area contributed by atoms with E-state index in [1.54, 1.807) is 0 Å². The summed E-state index contributed by atoms with van der Waals surface area (Å²) in [7, 11) is 0. The first-order valence-electron chi connectivity index (χ1n) is 10.1. The van der Waals surface area contributed by atoms with Crippen molar-refractivity contribution in [2.75, 3.05) is 13.2 Å². The summed E-state index contributed by atoms with van der Waals surface area (Å²) < 4.78 is 24.9. The summed E-state index contributed by atoms with van der Waals surface area (Å²) in [6.45, 7) is 15.0. The zero-order valence-corrected chi connectivity index (χ0v) is 22.4. The normalized spacial score (nSPS) is 17.0. The fourth-order valence-corrected chi connectivity index (χ4v) is 45.3. The van der Waals surface area contributed by atoms with Gasteiger partial charge in [-0.2, -0.15) is 0 Å². The molecule has 0 aliphatic heterocycles. The first-order chi connectivity index (χ1) is 11.1. The molecule has 140 valence electrons. The zero-order valence-electron chi connectivity index (χ0n) is 16.7. The van der Waals surface area contributed by atoms with Crippen LogP contribution in [0.4, 0.5) is 0 Å². The second-order valence-electron chi connectivity index (χ2n) is 6.50. The van der Waals surface area contributed by atoms with Gasteiger partial charge in [0.2, 0.25) is 0 Å². The van der Waals surface area contributed by atoms with Crippen molar-refractivity contribution in [1.29, 1.82) is 0 Å². The topological polar surface area (TPSA) is 27.7 Å². The summed E-state index contributed by atoms with van der Waals surface area (Å²) in [4.78, 5) is 0. The van der Waals surface area contributed by atoms with E-state index in [1.807, 2.05) is 0 Å². The van der Waals surface area contributed by atoms with Gasteiger partial charge in [0.1, 0.15) is 0 Å². The summed E-state index contributed by atoms with van der Waals surface area (Å²) in [6.07, 6.45) is 7.35. The zero-order chi connectivity index (χ0) is 17.6. The fourth-order valence-electron chi connectivity index (χ4n) is 3.32. The van der Waals surface area contributed by atoms with Crippen molar-refractivity contribution in [3.05, 3.63) is 0 Å². The quantitative estimate of drug-likeness (QED) is 0.211. The Morgan fingerprint density at radius 1 is 0.522 bits per heavy atom. The van der Waals surface area contributed by atoms with E-state index in [0.29, 0.717) is 0 Å². The minimum absolute atomic E-state index is 0.813. The van der Waals surface area contributed by atoms with Gasteiger partial charge >= 0.3 is 157 Å². The maximum atomic E-state index is 7.17. The predicted molar refractivity (Wildman–Crippen MR) is 105 cm³/mol. The van der Waals surface area contributed by atoms with Gasteiger partial charge in [0.05, 0.1) is 0 Å². The Balaban J connectivity index is 5.39. The summed E-state index contributed by atoms with van der Waals surface area (Å²) in [6, 6.07) is 0. The fraction of sp³-hybridized carbons (Fsp3) is 1.00. The van der Waals surface area contributed by atoms with Gasteiger partial charge in [-0.3, -0.25) is 0 Å². The van der Waals surface area contributed by atoms with Crippen LogP contribution < -0.4 is 0 Å². The van der Waals surface area contributed by atoms with Crippen LogP contribution in [0.15, 0.2) is 0 Å². The Bertz CT molecular complexity index is 237. The Morgan fingerprint density at radius 3 is 1.17 bits per heavy atom. The minimum atomic E-state index is -2.99. The molecule has 0 radical (unpaired) electrons. The molecule has 0 fully saturated rings. The summed E-state index contributed by atoms with van der Waals surface area (Å²) in [5.41, 5.74) is 0. The van der Waals surface area contributed by atoms with Crippen molar-refractivity contribution in [2.45, 2.75) is 97.8 Å². The van der Waals surface area contributed by atoms with E-state index in [1.165, 1.54) is 56.3 Å². The molecular formula is C18H42O3Sn2. The molecule has 0 saturated heterocycles. The SMILES string of the molecule is CCC[CH2][Sn]([CH2]CC)([O]CC)[O][Sn]([CH2]CC)([CH2]CCC)[O]CC. The van der Waals surface area contributed by atoms with Crippen LogP contribution in [0, 0.1) is 0 Å². The second-order valence-corrected chi connectivity index (χ2v) is 28.7. The number of hydrogen-bond donors (Lipinski definition) is 0. The average Bonchev–Trinajstić information content (AvgIpc) is 2.52. The van der Waals surface area contributed by atoms with Crippen molar-refractivity contribution in [3.8, 4) is 0 Å². The van der Waals surface area contributed by atoms with Gasteiger partial charge in [0.25, 0.3) is 0 Å². The van der Waals surface area contributed by atoms with Gasteiger partial charge in [0, 0.05) is 0 Å². The van der Waals surface area contributed by atoms with Crippen LogP contribution in [0.3, 0.4) is 0 Å². The van der Waals surface area contributed by atoms with Gasteiger partial charge < -0.3 is 0 Å². The molecule has 0 rings (SSSR count). The van der Waals surface area contributed by atoms with Crippen molar-refractivity contribution in [1.82, 2.24) is 0 Å². The van der Waals surface area contributed by atoms with E-state index in [2.05, 4.69) is 41.5 Å². The van der Waals surface area contributed by atoms with Gasteiger partial charge in [-0.15, -0.1) is 0 Å². The van der Waals surface area contributed by atoms with Crippen LogP contribution in [0.5, 0.6) is 0 Å². The van der Waals surface area contributed by atoms with E-state index in [-0.39, 0.29) is 0 Å². The summed E-state index contributed by atoms with van der Waals surface area (Å²) in [5, 5.41) is 0. The number of rotatable bonds is 16. The number of hydrogen-bond acceptors (Lipinski definition) is 3. The van der Waals surface area contributed by atoms with Gasteiger partial charge in [-0.05, 0) is 0 Å². The van der Waals surface area contributed by atoms with Crippen LogP contribution in [0.25, 0.3) is 0 Å². The molecule has 0 aromatic heterocycles. The Labute approximate surface area is 156 Å². The molecule has 0 aromatic carbocycles. The molecule has 0 saturated carbocycles. The van der Waals surface area contributed by atoms with Crippen LogP contribution >= 0.6 is 0 Å². The van der Waals surface area contributed by atoms with Gasteiger partial charge in [-0.1, -0.05) is 0 Å². The molecule has 0 amide bonds. The van der Waals surface area contributed by atoms with Crippen molar-refractivity contribution in [3.63, 3.8) is 0 Å². The van der Waals surface area contributed by atoms with Crippen LogP contribution in [-0.2, 0) is 7.56 Å². The van der Waals surface area contributed by atoms with Crippen LogP contribution in [0.2, 0.25) is 17.7 Å². The van der Waals surface area contributed by atoms with Gasteiger partial charge in [-0.25, -0.2) is 0 Å². The first-order valence-corrected chi connectivity index (χ1v) is 22.8. The Kier molecular flexibility index (Phi) is 15.6. The van der Waals surface area contributed by atoms with Crippen molar-refractivity contribution >= 4 is 38.4 Å². The molecule has 3 nitrogen and oxygen atoms in total. The van der Waals surface area contributed by atoms with Crippen LogP contribution in [0.1, 0.15) is 80.1 Å². The summed E-state index contributed by atoms with van der Waals surface area (Å²) >= 11 is -5.97. The average molecular weight is 544 g/mol. The first kappa shape index (κ1) is 24.5. The predicted octanol–water partition coefficient (Wildman–Crippen LogP) is 6.38. The van der Waals surface area contributed by atoms with Crippen LogP contribution in [-0.4, -0.2) is 51.6 Å². The molecular weight excluding hydrogens is 502 g/mol. The molecule has 0 heterocycles. The Morgan fingerprint density at radius 2 is 0.913 bits per heavy atom.